The first-order valence-corrected chi connectivity index (χ1v) is 12.1. The van der Waals surface area contributed by atoms with Crippen LogP contribution in [0.2, 0.25) is 0 Å². The summed E-state index contributed by atoms with van der Waals surface area (Å²) in [7, 11) is 0. The highest BCUT2D eigenvalue weighted by molar-refractivity contribution is 7.18. The third kappa shape index (κ3) is 5.07. The fraction of sp³-hybridized carbons (Fsp3) is 0.179. The van der Waals surface area contributed by atoms with Crippen LogP contribution in [-0.4, -0.2) is 21.0 Å². The minimum absolute atomic E-state index is 0.243. The fourth-order valence-electron chi connectivity index (χ4n) is 3.75. The number of anilines is 2. The van der Waals surface area contributed by atoms with Crippen molar-refractivity contribution in [1.29, 1.82) is 0 Å². The van der Waals surface area contributed by atoms with E-state index >= 15 is 0 Å². The smallest absolute Gasteiger partial charge is 0.335 e. The van der Waals surface area contributed by atoms with Crippen molar-refractivity contribution in [2.45, 2.75) is 33.1 Å². The van der Waals surface area contributed by atoms with Crippen molar-refractivity contribution in [2.75, 3.05) is 5.32 Å². The molecule has 0 amide bonds. The Labute approximate surface area is 203 Å². The zero-order valence-electron chi connectivity index (χ0n) is 19.3. The maximum Gasteiger partial charge on any atom is 0.335 e. The number of nitrogens with one attached hydrogen (secondary N) is 1. The second kappa shape index (κ2) is 10.4. The molecule has 2 N–H and O–H groups in total. The van der Waals surface area contributed by atoms with Gasteiger partial charge in [-0.2, -0.15) is 0 Å². The minimum Gasteiger partial charge on any atom is -0.478 e. The van der Waals surface area contributed by atoms with E-state index in [-0.39, 0.29) is 5.56 Å². The molecule has 0 unspecified atom stereocenters. The van der Waals surface area contributed by atoms with E-state index in [1.165, 1.54) is 16.0 Å². The fourth-order valence-corrected chi connectivity index (χ4v) is 4.69. The molecule has 2 aromatic heterocycles. The Bertz CT molecular complexity index is 1310. The Morgan fingerprint density at radius 1 is 0.971 bits per heavy atom. The van der Waals surface area contributed by atoms with Crippen LogP contribution < -0.4 is 5.32 Å². The number of rotatable bonds is 9. The molecule has 0 aliphatic carbocycles. The number of aryl methyl sites for hydroxylation is 2. The maximum absolute atomic E-state index is 11.2. The second-order valence-electron chi connectivity index (χ2n) is 7.89. The average molecular weight is 470 g/mol. The van der Waals surface area contributed by atoms with Gasteiger partial charge in [0.1, 0.15) is 5.82 Å². The van der Waals surface area contributed by atoms with Gasteiger partial charge >= 0.3 is 5.97 Å². The van der Waals surface area contributed by atoms with Crippen molar-refractivity contribution >= 4 is 28.8 Å². The molecule has 0 aliphatic heterocycles. The Morgan fingerprint density at radius 3 is 2.29 bits per heavy atom. The van der Waals surface area contributed by atoms with Crippen LogP contribution in [0.4, 0.5) is 11.5 Å². The largest absolute Gasteiger partial charge is 0.478 e. The first-order chi connectivity index (χ1) is 16.5. The van der Waals surface area contributed by atoms with Crippen molar-refractivity contribution in [1.82, 2.24) is 9.97 Å². The van der Waals surface area contributed by atoms with Crippen LogP contribution >= 0.6 is 11.3 Å². The van der Waals surface area contributed by atoms with E-state index < -0.39 is 5.97 Å². The standard InChI is InChI=1S/C28H27N3O2S/c1-4-7-22-23(6-3)30-27(31-26(22)29-21-14-12-20(13-15-21)28(32)33)25-17-16-24(34-25)19-10-8-18(5-2)9-11-19/h4,8-17H,1,5-7H2,2-3H3,(H,32,33)(H,29,30,31). The highest BCUT2D eigenvalue weighted by Gasteiger charge is 2.16. The Kier molecular flexibility index (Phi) is 7.18. The second-order valence-corrected chi connectivity index (χ2v) is 8.97. The van der Waals surface area contributed by atoms with Gasteiger partial charge in [0, 0.05) is 21.8 Å². The Balaban J connectivity index is 1.71. The molecule has 4 rings (SSSR count). The first kappa shape index (κ1) is 23.4. The van der Waals surface area contributed by atoms with Gasteiger partial charge in [-0.25, -0.2) is 14.8 Å². The van der Waals surface area contributed by atoms with Gasteiger partial charge in [0.15, 0.2) is 5.82 Å². The van der Waals surface area contributed by atoms with Gasteiger partial charge in [-0.15, -0.1) is 17.9 Å². The van der Waals surface area contributed by atoms with Gasteiger partial charge in [-0.1, -0.05) is 44.2 Å². The van der Waals surface area contributed by atoms with E-state index in [9.17, 15) is 4.79 Å². The number of nitrogens with zero attached hydrogens (tertiary/aromatic N) is 2. The van der Waals surface area contributed by atoms with Crippen LogP contribution in [0, 0.1) is 0 Å². The number of allylic oxidation sites excluding steroid dienone is 1. The lowest BCUT2D eigenvalue weighted by Gasteiger charge is -2.15. The number of carboxylic acid groups (broad SMARTS) is 1. The molecule has 0 aliphatic rings. The minimum atomic E-state index is -0.950. The summed E-state index contributed by atoms with van der Waals surface area (Å²) < 4.78 is 0. The summed E-state index contributed by atoms with van der Waals surface area (Å²) in [4.78, 5) is 23.1. The molecule has 6 heteroatoms. The molecule has 0 saturated carbocycles. The molecule has 0 radical (unpaired) electrons. The first-order valence-electron chi connectivity index (χ1n) is 11.3. The number of thiophene rings is 1. The molecule has 0 spiro atoms. The Morgan fingerprint density at radius 2 is 1.68 bits per heavy atom. The topological polar surface area (TPSA) is 75.1 Å². The number of benzene rings is 2. The number of aromatic nitrogens is 2. The van der Waals surface area contributed by atoms with E-state index in [4.69, 9.17) is 15.1 Å². The number of carboxylic acids is 1. The van der Waals surface area contributed by atoms with Crippen LogP contribution in [-0.2, 0) is 19.3 Å². The summed E-state index contributed by atoms with van der Waals surface area (Å²) in [5.41, 5.74) is 5.48. The van der Waals surface area contributed by atoms with Crippen molar-refractivity contribution < 1.29 is 9.90 Å². The summed E-state index contributed by atoms with van der Waals surface area (Å²) in [6.07, 6.45) is 4.27. The predicted molar refractivity (Wildman–Crippen MR) is 140 cm³/mol. The maximum atomic E-state index is 11.2. The summed E-state index contributed by atoms with van der Waals surface area (Å²) >= 11 is 1.67. The summed E-state index contributed by atoms with van der Waals surface area (Å²) in [6, 6.07) is 19.5. The molecule has 172 valence electrons. The zero-order chi connectivity index (χ0) is 24.1. The lowest BCUT2D eigenvalue weighted by atomic mass is 10.1. The molecule has 2 heterocycles. The van der Waals surface area contributed by atoms with Gasteiger partial charge in [0.05, 0.1) is 10.4 Å². The van der Waals surface area contributed by atoms with E-state index in [0.717, 1.165) is 34.7 Å². The van der Waals surface area contributed by atoms with Crippen LogP contribution in [0.15, 0.2) is 73.3 Å². The van der Waals surface area contributed by atoms with E-state index in [1.54, 1.807) is 35.6 Å². The summed E-state index contributed by atoms with van der Waals surface area (Å²) in [5, 5.41) is 12.5. The van der Waals surface area contributed by atoms with Crippen LogP contribution in [0.5, 0.6) is 0 Å². The molecule has 0 fully saturated rings. The van der Waals surface area contributed by atoms with Crippen LogP contribution in [0.1, 0.15) is 41.0 Å². The normalized spacial score (nSPS) is 10.8. The quantitative estimate of drug-likeness (QED) is 0.254. The van der Waals surface area contributed by atoms with Crippen LogP contribution in [0.25, 0.3) is 21.1 Å². The van der Waals surface area contributed by atoms with Gasteiger partial charge in [0.25, 0.3) is 0 Å². The van der Waals surface area contributed by atoms with Gasteiger partial charge in [0.2, 0.25) is 0 Å². The molecular weight excluding hydrogens is 442 g/mol. The van der Waals surface area contributed by atoms with E-state index in [2.05, 4.69) is 62.1 Å². The number of aromatic carboxylic acids is 1. The highest BCUT2D eigenvalue weighted by atomic mass is 32.1. The van der Waals surface area contributed by atoms with Crippen molar-refractivity contribution in [2.24, 2.45) is 0 Å². The number of hydrogen-bond donors (Lipinski definition) is 2. The molecular formula is C28H27N3O2S. The Hall–Kier alpha value is -3.77. The molecule has 5 nitrogen and oxygen atoms in total. The van der Waals surface area contributed by atoms with Gasteiger partial charge in [-0.3, -0.25) is 0 Å². The molecule has 2 aromatic carbocycles. The monoisotopic (exact) mass is 469 g/mol. The average Bonchev–Trinajstić information content (AvgIpc) is 3.36. The third-order valence-electron chi connectivity index (χ3n) is 5.64. The summed E-state index contributed by atoms with van der Waals surface area (Å²) in [6.45, 7) is 8.13. The molecule has 0 saturated heterocycles. The van der Waals surface area contributed by atoms with E-state index in [1.807, 2.05) is 6.08 Å². The van der Waals surface area contributed by atoms with E-state index in [0.29, 0.717) is 18.1 Å². The SMILES string of the molecule is C=CCc1c(CC)nc(-c2ccc(-c3ccc(CC)cc3)s2)nc1Nc1ccc(C(=O)O)cc1. The lowest BCUT2D eigenvalue weighted by molar-refractivity contribution is 0.0697. The molecule has 0 atom stereocenters. The zero-order valence-corrected chi connectivity index (χ0v) is 20.2. The van der Waals surface area contributed by atoms with Gasteiger partial charge in [-0.05, 0) is 66.8 Å². The van der Waals surface area contributed by atoms with Crippen LogP contribution in [0.3, 0.4) is 0 Å². The van der Waals surface area contributed by atoms with Gasteiger partial charge < -0.3 is 10.4 Å². The highest BCUT2D eigenvalue weighted by Crippen LogP contribution is 2.35. The molecule has 34 heavy (non-hydrogen) atoms. The number of hydrogen-bond acceptors (Lipinski definition) is 5. The lowest BCUT2D eigenvalue weighted by Crippen LogP contribution is -2.07. The molecule has 0 bridgehead atoms. The third-order valence-corrected chi connectivity index (χ3v) is 6.77. The predicted octanol–water partition coefficient (Wildman–Crippen LogP) is 7.17. The number of carbonyl (C=O) groups is 1. The van der Waals surface area contributed by atoms with Crippen molar-refractivity contribution in [3.63, 3.8) is 0 Å². The van der Waals surface area contributed by atoms with Crippen molar-refractivity contribution in [3.05, 3.63) is 95.7 Å². The van der Waals surface area contributed by atoms with Crippen molar-refractivity contribution in [3.8, 4) is 21.1 Å². The molecule has 4 aromatic rings. The summed E-state index contributed by atoms with van der Waals surface area (Å²) in [5.74, 6) is 0.442.